The second kappa shape index (κ2) is 3.56. The predicted octanol–water partition coefficient (Wildman–Crippen LogP) is 4.48. The lowest BCUT2D eigenvalue weighted by atomic mass is 9.86. The van der Waals surface area contributed by atoms with Gasteiger partial charge in [0.1, 0.15) is 0 Å². The van der Waals surface area contributed by atoms with Crippen LogP contribution in [0.5, 0.6) is 0 Å². The van der Waals surface area contributed by atoms with Crippen LogP contribution in [0.25, 0.3) is 0 Å². The fourth-order valence-corrected chi connectivity index (χ4v) is 3.29. The van der Waals surface area contributed by atoms with E-state index in [0.29, 0.717) is 0 Å². The van der Waals surface area contributed by atoms with Gasteiger partial charge in [-0.2, -0.15) is 0 Å². The zero-order valence-corrected chi connectivity index (χ0v) is 9.98. The second-order valence-electron chi connectivity index (χ2n) is 5.09. The van der Waals surface area contributed by atoms with Gasteiger partial charge in [0.05, 0.1) is 0 Å². The van der Waals surface area contributed by atoms with Crippen molar-refractivity contribution in [3.63, 3.8) is 0 Å². The summed E-state index contributed by atoms with van der Waals surface area (Å²) in [6, 6.07) is 0. The van der Waals surface area contributed by atoms with Crippen LogP contribution in [0.1, 0.15) is 53.4 Å². The maximum absolute atomic E-state index is 2.39. The first kappa shape index (κ1) is 10.0. The summed E-state index contributed by atoms with van der Waals surface area (Å²) < 4.78 is 0. The van der Waals surface area contributed by atoms with E-state index in [2.05, 4.69) is 27.7 Å². The largest absolute Gasteiger partial charge is 0.0632 e. The molecular formula is C14H22. The molecular weight excluding hydrogens is 168 g/mol. The summed E-state index contributed by atoms with van der Waals surface area (Å²) in [6.45, 7) is 9.33. The Morgan fingerprint density at radius 2 is 1.50 bits per heavy atom. The van der Waals surface area contributed by atoms with Gasteiger partial charge in [-0.05, 0) is 56.6 Å². The lowest BCUT2D eigenvalue weighted by molar-refractivity contribution is 0.573. The van der Waals surface area contributed by atoms with Gasteiger partial charge in [-0.15, -0.1) is 0 Å². The number of allylic oxidation sites excluding steroid dienone is 4. The minimum absolute atomic E-state index is 0.734. The Balaban J connectivity index is 2.29. The van der Waals surface area contributed by atoms with Crippen LogP contribution in [0.4, 0.5) is 0 Å². The molecule has 0 aromatic rings. The molecule has 1 unspecified atom stereocenters. The number of hydrogen-bond acceptors (Lipinski definition) is 0. The van der Waals surface area contributed by atoms with Crippen LogP contribution in [-0.4, -0.2) is 0 Å². The van der Waals surface area contributed by atoms with Crippen molar-refractivity contribution in [2.45, 2.75) is 53.4 Å². The third-order valence-electron chi connectivity index (χ3n) is 4.50. The molecule has 14 heavy (non-hydrogen) atoms. The number of hydrogen-bond donors (Lipinski definition) is 0. The van der Waals surface area contributed by atoms with E-state index in [1.54, 1.807) is 22.3 Å². The van der Waals surface area contributed by atoms with Crippen LogP contribution in [0.15, 0.2) is 22.3 Å². The standard InChI is InChI=1S/C14H22/c1-9-10(2)12(4)14(11(9)3)13-7-5-6-8-13/h11,13H,5-8H2,1-4H3. The lowest BCUT2D eigenvalue weighted by Gasteiger charge is -2.19. The summed E-state index contributed by atoms with van der Waals surface area (Å²) >= 11 is 0. The van der Waals surface area contributed by atoms with Crippen molar-refractivity contribution in [2.75, 3.05) is 0 Å². The Labute approximate surface area is 88.1 Å². The van der Waals surface area contributed by atoms with E-state index in [9.17, 15) is 0 Å². The first-order valence-electron chi connectivity index (χ1n) is 6.01. The fraction of sp³-hybridized carbons (Fsp3) is 0.714. The molecule has 0 amide bonds. The predicted molar refractivity (Wildman–Crippen MR) is 62.2 cm³/mol. The molecule has 1 atom stereocenters. The first-order chi connectivity index (χ1) is 6.63. The molecule has 0 bridgehead atoms. The second-order valence-corrected chi connectivity index (χ2v) is 5.09. The van der Waals surface area contributed by atoms with Crippen LogP contribution < -0.4 is 0 Å². The van der Waals surface area contributed by atoms with Crippen molar-refractivity contribution < 1.29 is 0 Å². The molecule has 0 N–H and O–H groups in total. The highest BCUT2D eigenvalue weighted by atomic mass is 14.4. The maximum Gasteiger partial charge on any atom is -0.000978 e. The van der Waals surface area contributed by atoms with Gasteiger partial charge in [-0.25, -0.2) is 0 Å². The van der Waals surface area contributed by atoms with E-state index in [1.165, 1.54) is 25.7 Å². The molecule has 0 saturated heterocycles. The summed E-state index contributed by atoms with van der Waals surface area (Å²) in [5, 5.41) is 0. The monoisotopic (exact) mass is 190 g/mol. The van der Waals surface area contributed by atoms with Crippen molar-refractivity contribution >= 4 is 0 Å². The minimum Gasteiger partial charge on any atom is -0.0632 e. The Bertz CT molecular complexity index is 298. The zero-order valence-electron chi connectivity index (χ0n) is 9.98. The van der Waals surface area contributed by atoms with E-state index in [-0.39, 0.29) is 0 Å². The van der Waals surface area contributed by atoms with Crippen LogP contribution >= 0.6 is 0 Å². The summed E-state index contributed by atoms with van der Waals surface area (Å²) in [4.78, 5) is 0. The highest BCUT2D eigenvalue weighted by molar-refractivity contribution is 5.47. The molecule has 0 radical (unpaired) electrons. The van der Waals surface area contributed by atoms with Crippen molar-refractivity contribution in [3.05, 3.63) is 22.3 Å². The normalized spacial score (nSPS) is 29.6. The summed E-state index contributed by atoms with van der Waals surface area (Å²) in [5.41, 5.74) is 6.57. The summed E-state index contributed by atoms with van der Waals surface area (Å²) in [7, 11) is 0. The SMILES string of the molecule is CC1=C(C)C(C)C(C2CCCC2)=C1C. The molecule has 2 rings (SSSR count). The summed E-state index contributed by atoms with van der Waals surface area (Å²) in [6.07, 6.45) is 5.79. The fourth-order valence-electron chi connectivity index (χ4n) is 3.29. The Hall–Kier alpha value is -0.520. The van der Waals surface area contributed by atoms with Gasteiger partial charge in [0.2, 0.25) is 0 Å². The van der Waals surface area contributed by atoms with E-state index in [0.717, 1.165) is 11.8 Å². The van der Waals surface area contributed by atoms with Gasteiger partial charge in [0, 0.05) is 0 Å². The Morgan fingerprint density at radius 3 is 1.93 bits per heavy atom. The van der Waals surface area contributed by atoms with E-state index in [4.69, 9.17) is 0 Å². The van der Waals surface area contributed by atoms with Crippen LogP contribution in [0.3, 0.4) is 0 Å². The molecule has 2 aliphatic carbocycles. The highest BCUT2D eigenvalue weighted by Gasteiger charge is 2.30. The van der Waals surface area contributed by atoms with Crippen molar-refractivity contribution in [3.8, 4) is 0 Å². The van der Waals surface area contributed by atoms with Crippen LogP contribution in [0.2, 0.25) is 0 Å². The maximum atomic E-state index is 2.39. The summed E-state index contributed by atoms with van der Waals surface area (Å²) in [5.74, 6) is 1.65. The molecule has 2 aliphatic rings. The van der Waals surface area contributed by atoms with Crippen molar-refractivity contribution in [1.29, 1.82) is 0 Å². The Morgan fingerprint density at radius 1 is 0.929 bits per heavy atom. The van der Waals surface area contributed by atoms with Gasteiger partial charge < -0.3 is 0 Å². The third kappa shape index (κ3) is 1.36. The molecule has 1 saturated carbocycles. The average Bonchev–Trinajstić information content (AvgIpc) is 2.73. The van der Waals surface area contributed by atoms with E-state index >= 15 is 0 Å². The highest BCUT2D eigenvalue weighted by Crippen LogP contribution is 2.45. The van der Waals surface area contributed by atoms with Crippen LogP contribution in [0, 0.1) is 11.8 Å². The van der Waals surface area contributed by atoms with Gasteiger partial charge in [-0.3, -0.25) is 0 Å². The molecule has 0 nitrogen and oxygen atoms in total. The van der Waals surface area contributed by atoms with Crippen molar-refractivity contribution in [2.24, 2.45) is 11.8 Å². The molecule has 0 aromatic carbocycles. The topological polar surface area (TPSA) is 0 Å². The lowest BCUT2D eigenvalue weighted by Crippen LogP contribution is -2.07. The molecule has 0 heterocycles. The molecule has 0 aromatic heterocycles. The molecule has 1 fully saturated rings. The molecule has 78 valence electrons. The Kier molecular flexibility index (Phi) is 2.55. The quantitative estimate of drug-likeness (QED) is 0.572. The average molecular weight is 190 g/mol. The minimum atomic E-state index is 0.734. The van der Waals surface area contributed by atoms with Crippen LogP contribution in [-0.2, 0) is 0 Å². The first-order valence-corrected chi connectivity index (χ1v) is 6.01. The number of rotatable bonds is 1. The molecule has 0 spiro atoms. The van der Waals surface area contributed by atoms with Crippen molar-refractivity contribution in [1.82, 2.24) is 0 Å². The smallest absolute Gasteiger partial charge is 0.000978 e. The van der Waals surface area contributed by atoms with Gasteiger partial charge in [-0.1, -0.05) is 30.9 Å². The van der Waals surface area contributed by atoms with Gasteiger partial charge in [0.15, 0.2) is 0 Å². The van der Waals surface area contributed by atoms with Gasteiger partial charge >= 0.3 is 0 Å². The molecule has 0 heteroatoms. The zero-order chi connectivity index (χ0) is 10.3. The van der Waals surface area contributed by atoms with E-state index in [1.807, 2.05) is 0 Å². The molecule has 0 aliphatic heterocycles. The van der Waals surface area contributed by atoms with E-state index < -0.39 is 0 Å². The third-order valence-corrected chi connectivity index (χ3v) is 4.50. The van der Waals surface area contributed by atoms with Gasteiger partial charge in [0.25, 0.3) is 0 Å².